The first kappa shape index (κ1) is 13.1. The maximum atomic E-state index is 12.1. The summed E-state index contributed by atoms with van der Waals surface area (Å²) in [5, 5.41) is 9.38. The van der Waals surface area contributed by atoms with Gasteiger partial charge in [0, 0.05) is 17.1 Å². The van der Waals surface area contributed by atoms with Gasteiger partial charge in [0.2, 0.25) is 5.43 Å². The summed E-state index contributed by atoms with van der Waals surface area (Å²) in [4.78, 5) is 26.1. The molecular weight excluding hydrogens is 246 g/mol. The van der Waals surface area contributed by atoms with Gasteiger partial charge in [-0.25, -0.2) is 4.79 Å². The minimum absolute atomic E-state index is 0.0311. The maximum Gasteiger partial charge on any atom is 0.341 e. The molecule has 0 atom stereocenters. The fourth-order valence-electron chi connectivity index (χ4n) is 2.00. The Bertz CT molecular complexity index is 700. The van der Waals surface area contributed by atoms with Crippen molar-refractivity contribution < 1.29 is 14.6 Å². The molecule has 0 aliphatic rings. The van der Waals surface area contributed by atoms with Crippen LogP contribution in [0, 0.1) is 6.92 Å². The summed E-state index contributed by atoms with van der Waals surface area (Å²) in [5.41, 5.74) is 0.220. The fourth-order valence-corrected chi connectivity index (χ4v) is 2.00. The van der Waals surface area contributed by atoms with E-state index in [2.05, 4.69) is 4.98 Å². The van der Waals surface area contributed by atoms with E-state index >= 15 is 0 Å². The highest BCUT2D eigenvalue weighted by Crippen LogP contribution is 2.19. The van der Waals surface area contributed by atoms with E-state index in [0.717, 1.165) is 0 Å². The van der Waals surface area contributed by atoms with Gasteiger partial charge in [-0.15, -0.1) is 0 Å². The molecule has 5 heteroatoms. The molecule has 0 radical (unpaired) electrons. The number of aromatic carboxylic acids is 1. The molecule has 0 amide bonds. The van der Waals surface area contributed by atoms with Crippen LogP contribution in [0.25, 0.3) is 10.9 Å². The predicted molar refractivity (Wildman–Crippen MR) is 72.0 cm³/mol. The van der Waals surface area contributed by atoms with Gasteiger partial charge in [-0.1, -0.05) is 0 Å². The van der Waals surface area contributed by atoms with Crippen molar-refractivity contribution in [2.75, 3.05) is 0 Å². The third kappa shape index (κ3) is 2.45. The average molecular weight is 261 g/mol. The standard InChI is InChI=1S/C14H15NO4/c1-7(2)19-9-4-5-10-11(6-9)15-8(3)12(13(10)16)14(17)18/h4-7H,1-3H3,(H,15,16)(H,17,18). The van der Waals surface area contributed by atoms with Gasteiger partial charge in [-0.3, -0.25) is 4.79 Å². The molecular formula is C14H15NO4. The summed E-state index contributed by atoms with van der Waals surface area (Å²) in [6.07, 6.45) is 0.0311. The molecule has 2 N–H and O–H groups in total. The van der Waals surface area contributed by atoms with Crippen LogP contribution in [0.3, 0.4) is 0 Å². The molecule has 1 aromatic carbocycles. The lowest BCUT2D eigenvalue weighted by molar-refractivity contribution is 0.0694. The van der Waals surface area contributed by atoms with Gasteiger partial charge >= 0.3 is 5.97 Å². The van der Waals surface area contributed by atoms with Crippen LogP contribution >= 0.6 is 0 Å². The van der Waals surface area contributed by atoms with Gasteiger partial charge in [0.15, 0.2) is 0 Å². The van der Waals surface area contributed by atoms with Gasteiger partial charge in [0.25, 0.3) is 0 Å². The molecule has 0 saturated carbocycles. The lowest BCUT2D eigenvalue weighted by Crippen LogP contribution is -2.18. The smallest absolute Gasteiger partial charge is 0.341 e. The van der Waals surface area contributed by atoms with Gasteiger partial charge in [0.1, 0.15) is 11.3 Å². The van der Waals surface area contributed by atoms with Crippen LogP contribution in [0.5, 0.6) is 5.75 Å². The Labute approximate surface area is 109 Å². The fraction of sp³-hybridized carbons (Fsp3) is 0.286. The van der Waals surface area contributed by atoms with Crippen molar-refractivity contribution in [3.63, 3.8) is 0 Å². The van der Waals surface area contributed by atoms with E-state index < -0.39 is 11.4 Å². The molecule has 0 fully saturated rings. The van der Waals surface area contributed by atoms with Crippen molar-refractivity contribution in [1.82, 2.24) is 4.98 Å². The highest BCUT2D eigenvalue weighted by atomic mass is 16.5. The molecule has 0 aliphatic heterocycles. The number of aromatic amines is 1. The van der Waals surface area contributed by atoms with Crippen molar-refractivity contribution in [1.29, 1.82) is 0 Å². The van der Waals surface area contributed by atoms with Crippen LogP contribution in [-0.2, 0) is 0 Å². The number of pyridine rings is 1. The van der Waals surface area contributed by atoms with Crippen LogP contribution in [0.4, 0.5) is 0 Å². The monoisotopic (exact) mass is 261 g/mol. The minimum Gasteiger partial charge on any atom is -0.491 e. The van der Waals surface area contributed by atoms with E-state index in [1.165, 1.54) is 0 Å². The number of nitrogens with one attached hydrogen (secondary N) is 1. The maximum absolute atomic E-state index is 12.1. The van der Waals surface area contributed by atoms with Gasteiger partial charge in [-0.2, -0.15) is 0 Å². The number of hydrogen-bond donors (Lipinski definition) is 2. The SMILES string of the molecule is Cc1[nH]c2cc(OC(C)C)ccc2c(=O)c1C(=O)O. The first-order valence-electron chi connectivity index (χ1n) is 5.96. The number of aryl methyl sites for hydroxylation is 1. The van der Waals surface area contributed by atoms with Crippen molar-refractivity contribution >= 4 is 16.9 Å². The van der Waals surface area contributed by atoms with E-state index in [0.29, 0.717) is 22.3 Å². The number of fused-ring (bicyclic) bond motifs is 1. The third-order valence-electron chi connectivity index (χ3n) is 2.75. The Kier molecular flexibility index (Phi) is 3.29. The lowest BCUT2D eigenvalue weighted by atomic mass is 10.1. The molecule has 2 aromatic rings. The third-order valence-corrected chi connectivity index (χ3v) is 2.75. The number of carboxylic acids is 1. The zero-order valence-electron chi connectivity index (χ0n) is 11.0. The number of hydrogen-bond acceptors (Lipinski definition) is 3. The Balaban J connectivity index is 2.67. The summed E-state index contributed by atoms with van der Waals surface area (Å²) in [5.74, 6) is -0.580. The second kappa shape index (κ2) is 4.76. The van der Waals surface area contributed by atoms with Crippen molar-refractivity contribution in [2.45, 2.75) is 26.9 Å². The molecule has 0 bridgehead atoms. The summed E-state index contributed by atoms with van der Waals surface area (Å²) < 4.78 is 5.54. The number of carbonyl (C=O) groups is 1. The lowest BCUT2D eigenvalue weighted by Gasteiger charge is -2.11. The van der Waals surface area contributed by atoms with Crippen LogP contribution in [0.1, 0.15) is 29.9 Å². The van der Waals surface area contributed by atoms with Gasteiger partial charge in [0.05, 0.1) is 11.6 Å². The van der Waals surface area contributed by atoms with Crippen LogP contribution in [0.15, 0.2) is 23.0 Å². The first-order valence-corrected chi connectivity index (χ1v) is 5.96. The van der Waals surface area contributed by atoms with Gasteiger partial charge < -0.3 is 14.8 Å². The van der Waals surface area contributed by atoms with Crippen LogP contribution in [-0.4, -0.2) is 22.2 Å². The number of H-pyrrole nitrogens is 1. The van der Waals surface area contributed by atoms with Crippen molar-refractivity contribution in [2.24, 2.45) is 0 Å². The Morgan fingerprint density at radius 3 is 2.63 bits per heavy atom. The minimum atomic E-state index is -1.22. The number of ether oxygens (including phenoxy) is 1. The quantitative estimate of drug-likeness (QED) is 0.888. The first-order chi connectivity index (χ1) is 8.90. The Hall–Kier alpha value is -2.30. The van der Waals surface area contributed by atoms with E-state index in [9.17, 15) is 9.59 Å². The molecule has 19 heavy (non-hydrogen) atoms. The van der Waals surface area contributed by atoms with Crippen LogP contribution < -0.4 is 10.2 Å². The molecule has 2 rings (SSSR count). The Morgan fingerprint density at radius 2 is 2.05 bits per heavy atom. The molecule has 5 nitrogen and oxygen atoms in total. The van der Waals surface area contributed by atoms with Crippen molar-refractivity contribution in [3.05, 3.63) is 39.7 Å². The largest absolute Gasteiger partial charge is 0.491 e. The molecule has 1 aromatic heterocycles. The van der Waals surface area contributed by atoms with Gasteiger partial charge in [-0.05, 0) is 32.9 Å². The highest BCUT2D eigenvalue weighted by molar-refractivity contribution is 5.94. The van der Waals surface area contributed by atoms with E-state index in [1.807, 2.05) is 13.8 Å². The number of aromatic nitrogens is 1. The summed E-state index contributed by atoms with van der Waals surface area (Å²) in [7, 11) is 0. The summed E-state index contributed by atoms with van der Waals surface area (Å²) in [6, 6.07) is 4.95. The van der Waals surface area contributed by atoms with Crippen molar-refractivity contribution in [3.8, 4) is 5.75 Å². The number of benzene rings is 1. The molecule has 0 unspecified atom stereocenters. The zero-order chi connectivity index (χ0) is 14.2. The highest BCUT2D eigenvalue weighted by Gasteiger charge is 2.15. The number of rotatable bonds is 3. The van der Waals surface area contributed by atoms with Crippen LogP contribution in [0.2, 0.25) is 0 Å². The number of carboxylic acid groups (broad SMARTS) is 1. The predicted octanol–water partition coefficient (Wildman–Crippen LogP) is 2.32. The molecule has 1 heterocycles. The van der Waals surface area contributed by atoms with E-state index in [-0.39, 0.29) is 11.7 Å². The molecule has 0 saturated heterocycles. The topological polar surface area (TPSA) is 79.4 Å². The zero-order valence-corrected chi connectivity index (χ0v) is 11.0. The second-order valence-electron chi connectivity index (χ2n) is 4.63. The summed E-state index contributed by atoms with van der Waals surface area (Å²) >= 11 is 0. The summed E-state index contributed by atoms with van der Waals surface area (Å²) in [6.45, 7) is 5.39. The normalized spacial score (nSPS) is 10.9. The molecule has 0 aliphatic carbocycles. The molecule has 0 spiro atoms. The average Bonchev–Trinajstić information content (AvgIpc) is 2.26. The van der Waals surface area contributed by atoms with E-state index in [1.54, 1.807) is 25.1 Å². The Morgan fingerprint density at radius 1 is 1.37 bits per heavy atom. The second-order valence-corrected chi connectivity index (χ2v) is 4.63. The molecule has 100 valence electrons. The van der Waals surface area contributed by atoms with E-state index in [4.69, 9.17) is 9.84 Å².